The maximum Gasteiger partial charge on any atom is 0.232 e. The zero-order valence-corrected chi connectivity index (χ0v) is 9.74. The summed E-state index contributed by atoms with van der Waals surface area (Å²) in [7, 11) is -0.0216. The molecule has 15 heavy (non-hydrogen) atoms. The SMILES string of the molecule is CNCc1ncncc1N(C)S(C)(=O)=O. The van der Waals surface area contributed by atoms with Crippen molar-refractivity contribution >= 4 is 15.7 Å². The van der Waals surface area contributed by atoms with E-state index in [1.807, 2.05) is 0 Å². The lowest BCUT2D eigenvalue weighted by Crippen LogP contribution is -2.27. The van der Waals surface area contributed by atoms with Gasteiger partial charge in [0.15, 0.2) is 0 Å². The molecule has 84 valence electrons. The summed E-state index contributed by atoms with van der Waals surface area (Å²) in [5, 5.41) is 2.92. The van der Waals surface area contributed by atoms with Gasteiger partial charge in [-0.3, -0.25) is 4.31 Å². The lowest BCUT2D eigenvalue weighted by Gasteiger charge is -2.18. The Labute approximate surface area is 89.4 Å². The quantitative estimate of drug-likeness (QED) is 0.761. The highest BCUT2D eigenvalue weighted by Gasteiger charge is 2.16. The predicted octanol–water partition coefficient (Wildman–Crippen LogP) is -0.408. The maximum absolute atomic E-state index is 11.3. The van der Waals surface area contributed by atoms with E-state index in [1.165, 1.54) is 23.9 Å². The first-order chi connectivity index (χ1) is 6.96. The summed E-state index contributed by atoms with van der Waals surface area (Å²) >= 11 is 0. The summed E-state index contributed by atoms with van der Waals surface area (Å²) in [4.78, 5) is 7.84. The minimum atomic E-state index is -3.27. The number of nitrogens with zero attached hydrogens (tertiary/aromatic N) is 3. The van der Waals surface area contributed by atoms with Crippen molar-refractivity contribution in [3.05, 3.63) is 18.2 Å². The average Bonchev–Trinajstić information content (AvgIpc) is 2.17. The number of sulfonamides is 1. The molecule has 0 aromatic carbocycles. The molecule has 1 N–H and O–H groups in total. The molecular weight excluding hydrogens is 216 g/mol. The second-order valence-corrected chi connectivity index (χ2v) is 5.13. The molecule has 7 heteroatoms. The smallest absolute Gasteiger partial charge is 0.232 e. The largest absolute Gasteiger partial charge is 0.314 e. The van der Waals surface area contributed by atoms with E-state index in [9.17, 15) is 8.42 Å². The molecule has 0 aliphatic rings. The molecule has 0 fully saturated rings. The van der Waals surface area contributed by atoms with Crippen molar-refractivity contribution in [1.29, 1.82) is 0 Å². The van der Waals surface area contributed by atoms with Crippen LogP contribution in [0.2, 0.25) is 0 Å². The van der Waals surface area contributed by atoms with Crippen LogP contribution in [0.1, 0.15) is 5.69 Å². The predicted molar refractivity (Wildman–Crippen MR) is 58.0 cm³/mol. The number of aromatic nitrogens is 2. The monoisotopic (exact) mass is 230 g/mol. The van der Waals surface area contributed by atoms with Gasteiger partial charge >= 0.3 is 0 Å². The summed E-state index contributed by atoms with van der Waals surface area (Å²) < 4.78 is 23.8. The van der Waals surface area contributed by atoms with E-state index in [4.69, 9.17) is 0 Å². The Balaban J connectivity index is 3.13. The summed E-state index contributed by atoms with van der Waals surface area (Å²) in [5.41, 5.74) is 1.15. The van der Waals surface area contributed by atoms with Crippen molar-refractivity contribution in [3.8, 4) is 0 Å². The van der Waals surface area contributed by atoms with Gasteiger partial charge in [0, 0.05) is 13.6 Å². The maximum atomic E-state index is 11.3. The number of rotatable bonds is 4. The van der Waals surface area contributed by atoms with Crippen molar-refractivity contribution in [2.75, 3.05) is 24.7 Å². The first kappa shape index (κ1) is 11.9. The number of hydrogen-bond acceptors (Lipinski definition) is 5. The summed E-state index contributed by atoms with van der Waals surface area (Å²) in [6.45, 7) is 0.498. The lowest BCUT2D eigenvalue weighted by atomic mass is 10.3. The molecular formula is C8H14N4O2S. The van der Waals surface area contributed by atoms with Gasteiger partial charge in [0.05, 0.1) is 23.8 Å². The molecule has 0 saturated carbocycles. The van der Waals surface area contributed by atoms with E-state index < -0.39 is 10.0 Å². The van der Waals surface area contributed by atoms with E-state index in [0.717, 1.165) is 6.26 Å². The van der Waals surface area contributed by atoms with Gasteiger partial charge < -0.3 is 5.32 Å². The van der Waals surface area contributed by atoms with Crippen LogP contribution in [0.15, 0.2) is 12.5 Å². The molecule has 0 unspecified atom stereocenters. The molecule has 0 amide bonds. The number of hydrogen-bond donors (Lipinski definition) is 1. The van der Waals surface area contributed by atoms with Crippen LogP contribution in [0.25, 0.3) is 0 Å². The van der Waals surface area contributed by atoms with E-state index in [1.54, 1.807) is 7.05 Å². The average molecular weight is 230 g/mol. The molecule has 1 rings (SSSR count). The van der Waals surface area contributed by atoms with Crippen molar-refractivity contribution in [1.82, 2.24) is 15.3 Å². The lowest BCUT2D eigenvalue weighted by molar-refractivity contribution is 0.599. The van der Waals surface area contributed by atoms with E-state index >= 15 is 0 Å². The van der Waals surface area contributed by atoms with Crippen molar-refractivity contribution in [2.45, 2.75) is 6.54 Å². The Morgan fingerprint density at radius 3 is 2.73 bits per heavy atom. The molecule has 1 heterocycles. The van der Waals surface area contributed by atoms with Crippen LogP contribution < -0.4 is 9.62 Å². The Morgan fingerprint density at radius 1 is 1.53 bits per heavy atom. The van der Waals surface area contributed by atoms with E-state index in [2.05, 4.69) is 15.3 Å². The minimum absolute atomic E-state index is 0.495. The van der Waals surface area contributed by atoms with Crippen molar-refractivity contribution < 1.29 is 8.42 Å². The van der Waals surface area contributed by atoms with Crippen LogP contribution in [0.3, 0.4) is 0 Å². The zero-order valence-electron chi connectivity index (χ0n) is 8.93. The zero-order chi connectivity index (χ0) is 11.5. The van der Waals surface area contributed by atoms with Gasteiger partial charge in [0.1, 0.15) is 6.33 Å². The molecule has 0 aliphatic heterocycles. The fourth-order valence-corrected chi connectivity index (χ4v) is 1.60. The van der Waals surface area contributed by atoms with E-state index in [-0.39, 0.29) is 0 Å². The molecule has 0 spiro atoms. The highest BCUT2D eigenvalue weighted by atomic mass is 32.2. The van der Waals surface area contributed by atoms with Crippen LogP contribution >= 0.6 is 0 Å². The van der Waals surface area contributed by atoms with Crippen LogP contribution in [0.5, 0.6) is 0 Å². The van der Waals surface area contributed by atoms with Gasteiger partial charge in [0.2, 0.25) is 10.0 Å². The van der Waals surface area contributed by atoms with Gasteiger partial charge in [-0.25, -0.2) is 18.4 Å². The summed E-state index contributed by atoms with van der Waals surface area (Å²) in [6.07, 6.45) is 4.02. The minimum Gasteiger partial charge on any atom is -0.314 e. The van der Waals surface area contributed by atoms with E-state index in [0.29, 0.717) is 17.9 Å². The number of anilines is 1. The number of nitrogens with one attached hydrogen (secondary N) is 1. The van der Waals surface area contributed by atoms with Gasteiger partial charge in [-0.2, -0.15) is 0 Å². The molecule has 0 atom stereocenters. The normalized spacial score (nSPS) is 11.4. The second-order valence-electron chi connectivity index (χ2n) is 3.12. The van der Waals surface area contributed by atoms with Crippen LogP contribution in [-0.4, -0.2) is 38.7 Å². The molecule has 1 aromatic rings. The van der Waals surface area contributed by atoms with Gasteiger partial charge in [-0.1, -0.05) is 0 Å². The Hall–Kier alpha value is -1.21. The second kappa shape index (κ2) is 4.54. The van der Waals surface area contributed by atoms with Gasteiger partial charge in [-0.15, -0.1) is 0 Å². The third-order valence-corrected chi connectivity index (χ3v) is 3.15. The molecule has 1 aromatic heterocycles. The fraction of sp³-hybridized carbons (Fsp3) is 0.500. The third kappa shape index (κ3) is 2.87. The standard InChI is InChI=1S/C8H14N4O2S/c1-9-4-7-8(5-10-6-11-7)12(2)15(3,13)14/h5-6,9H,4H2,1-3H3. The van der Waals surface area contributed by atoms with Crippen LogP contribution in [-0.2, 0) is 16.6 Å². The van der Waals surface area contributed by atoms with Crippen molar-refractivity contribution in [3.63, 3.8) is 0 Å². The highest BCUT2D eigenvalue weighted by Crippen LogP contribution is 2.17. The first-order valence-corrected chi connectivity index (χ1v) is 6.19. The molecule has 0 aliphatic carbocycles. The Morgan fingerprint density at radius 2 is 2.20 bits per heavy atom. The van der Waals surface area contributed by atoms with Crippen molar-refractivity contribution in [2.24, 2.45) is 0 Å². The molecule has 0 saturated heterocycles. The van der Waals surface area contributed by atoms with Crippen LogP contribution in [0.4, 0.5) is 5.69 Å². The molecule has 0 bridgehead atoms. The Kier molecular flexibility index (Phi) is 3.59. The summed E-state index contributed by atoms with van der Waals surface area (Å²) in [5.74, 6) is 0. The third-order valence-electron chi connectivity index (χ3n) is 1.95. The highest BCUT2D eigenvalue weighted by molar-refractivity contribution is 7.92. The molecule has 6 nitrogen and oxygen atoms in total. The molecule has 0 radical (unpaired) electrons. The first-order valence-electron chi connectivity index (χ1n) is 4.34. The van der Waals surface area contributed by atoms with Crippen LogP contribution in [0, 0.1) is 0 Å². The van der Waals surface area contributed by atoms with Gasteiger partial charge in [-0.05, 0) is 7.05 Å². The van der Waals surface area contributed by atoms with Gasteiger partial charge in [0.25, 0.3) is 0 Å². The Bertz CT molecular complexity index is 432. The summed E-state index contributed by atoms with van der Waals surface area (Å²) in [6, 6.07) is 0. The fourth-order valence-electron chi connectivity index (χ4n) is 1.09. The topological polar surface area (TPSA) is 75.2 Å².